The van der Waals surface area contributed by atoms with Gasteiger partial charge in [0.15, 0.2) is 0 Å². The first-order valence-corrected chi connectivity index (χ1v) is 17.0. The number of unbranched alkanes of at least 4 members (excludes halogenated alkanes) is 1. The molecule has 250 valence electrons. The monoisotopic (exact) mass is 697 g/mol. The second kappa shape index (κ2) is 17.0. The molecule has 3 amide bonds. The minimum absolute atomic E-state index is 0.231. The molecule has 0 spiro atoms. The lowest BCUT2D eigenvalue weighted by atomic mass is 10.0. The first-order chi connectivity index (χ1) is 22.5. The predicted octanol–water partition coefficient (Wildman–Crippen LogP) is 4.98. The number of aryl methyl sites for hydroxylation is 1. The van der Waals surface area contributed by atoms with Crippen molar-refractivity contribution in [3.63, 3.8) is 0 Å². The number of hydrogen-bond donors (Lipinski definition) is 5. The lowest BCUT2D eigenvalue weighted by molar-refractivity contribution is -0.141. The van der Waals surface area contributed by atoms with Crippen molar-refractivity contribution >= 4 is 63.6 Å². The average molecular weight is 699 g/mol. The molecule has 0 aliphatic carbocycles. The van der Waals surface area contributed by atoms with E-state index in [1.807, 2.05) is 55.6 Å². The number of amides is 3. The van der Waals surface area contributed by atoms with Crippen molar-refractivity contribution in [3.8, 4) is 0 Å². The number of fused-ring (bicyclic) bond motifs is 1. The van der Waals surface area contributed by atoms with Crippen LogP contribution in [0.2, 0.25) is 10.0 Å². The van der Waals surface area contributed by atoms with Crippen molar-refractivity contribution in [2.45, 2.75) is 74.1 Å². The number of para-hydroxylation sites is 1. The van der Waals surface area contributed by atoms with Crippen LogP contribution in [0.1, 0.15) is 42.9 Å². The quantitative estimate of drug-likeness (QED) is 0.103. The van der Waals surface area contributed by atoms with Crippen LogP contribution >= 0.6 is 35.0 Å². The number of primary amides is 1. The van der Waals surface area contributed by atoms with Crippen LogP contribution in [0.15, 0.2) is 70.8 Å². The maximum Gasteiger partial charge on any atom is 0.245 e. The highest BCUT2D eigenvalue weighted by Crippen LogP contribution is 2.38. The molecule has 0 aliphatic heterocycles. The third kappa shape index (κ3) is 9.48. The predicted molar refractivity (Wildman–Crippen MR) is 188 cm³/mol. The van der Waals surface area contributed by atoms with E-state index in [-0.39, 0.29) is 12.3 Å². The summed E-state index contributed by atoms with van der Waals surface area (Å²) >= 11 is 14.1. The standard InChI is InChI=1S/C34H41Cl2N7O3S/c1-20-15-24(35)17-26(36)30(20)47-33-22(9-8-14-39-33)18-40-21(2)32(45)42-28(12-6-7-13-37)34(46)43(3)29(31(38)44)16-23-19-41-27-11-5-4-10-25(23)27/h4-5,8-11,14-15,17,19,21,28-29,40-41H,6-7,12-13,16,18,37H2,1-3H3,(H2,38,44)(H,42,45)/t21-,28-,29-/m0/s1. The zero-order valence-corrected chi connectivity index (χ0v) is 29.0. The Bertz CT molecular complexity index is 1690. The third-order valence-electron chi connectivity index (χ3n) is 8.03. The Labute approximate surface area is 289 Å². The van der Waals surface area contributed by atoms with Crippen molar-refractivity contribution in [3.05, 3.63) is 87.7 Å². The molecule has 2 aromatic heterocycles. The SMILES string of the molecule is Cc1cc(Cl)cc(Cl)c1Sc1ncccc1CN[C@@H](C)C(=O)N[C@@H](CCCCN)C(=O)N(C)[C@@H](Cc1c[nH]c2ccccc12)C(N)=O. The van der Waals surface area contributed by atoms with E-state index in [1.54, 1.807) is 26.2 Å². The summed E-state index contributed by atoms with van der Waals surface area (Å²) in [7, 11) is 1.55. The van der Waals surface area contributed by atoms with E-state index in [0.717, 1.165) is 37.5 Å². The Balaban J connectivity index is 1.44. The number of rotatable bonds is 16. The van der Waals surface area contributed by atoms with Crippen LogP contribution in [-0.4, -0.2) is 64.3 Å². The molecule has 0 saturated carbocycles. The van der Waals surface area contributed by atoms with Gasteiger partial charge in [-0.3, -0.25) is 14.4 Å². The Morgan fingerprint density at radius 2 is 1.85 bits per heavy atom. The Morgan fingerprint density at radius 3 is 2.57 bits per heavy atom. The van der Waals surface area contributed by atoms with E-state index >= 15 is 0 Å². The van der Waals surface area contributed by atoms with Crippen LogP contribution in [0, 0.1) is 6.92 Å². The molecule has 7 N–H and O–H groups in total. The molecule has 4 rings (SSSR count). The molecule has 3 atom stereocenters. The number of H-pyrrole nitrogens is 1. The number of carbonyl (C=O) groups is 3. The smallest absolute Gasteiger partial charge is 0.245 e. The van der Waals surface area contributed by atoms with E-state index in [2.05, 4.69) is 20.6 Å². The number of nitrogens with two attached hydrogens (primary N) is 2. The molecule has 0 radical (unpaired) electrons. The van der Waals surface area contributed by atoms with Crippen LogP contribution < -0.4 is 22.1 Å². The number of benzene rings is 2. The number of pyridine rings is 1. The van der Waals surface area contributed by atoms with Crippen LogP contribution in [-0.2, 0) is 27.3 Å². The number of nitrogens with one attached hydrogen (secondary N) is 3. The zero-order valence-electron chi connectivity index (χ0n) is 26.7. The third-order valence-corrected chi connectivity index (χ3v) is 9.96. The van der Waals surface area contributed by atoms with Gasteiger partial charge in [-0.25, -0.2) is 4.98 Å². The van der Waals surface area contributed by atoms with Crippen molar-refractivity contribution in [2.24, 2.45) is 11.5 Å². The van der Waals surface area contributed by atoms with E-state index in [9.17, 15) is 14.4 Å². The molecular formula is C34H41Cl2N7O3S. The molecule has 47 heavy (non-hydrogen) atoms. The lowest BCUT2D eigenvalue weighted by Gasteiger charge is -2.30. The minimum Gasteiger partial charge on any atom is -0.368 e. The van der Waals surface area contributed by atoms with Gasteiger partial charge in [-0.1, -0.05) is 59.2 Å². The molecule has 4 aromatic rings. The molecular weight excluding hydrogens is 657 g/mol. The number of aromatic nitrogens is 2. The van der Waals surface area contributed by atoms with Crippen LogP contribution in [0.3, 0.4) is 0 Å². The minimum atomic E-state index is -0.912. The van der Waals surface area contributed by atoms with Gasteiger partial charge >= 0.3 is 0 Å². The summed E-state index contributed by atoms with van der Waals surface area (Å²) in [6.45, 7) is 4.46. The summed E-state index contributed by atoms with van der Waals surface area (Å²) in [6.07, 6.45) is 5.42. The molecule has 0 saturated heterocycles. The molecule has 0 aliphatic rings. The van der Waals surface area contributed by atoms with Crippen molar-refractivity contribution in [1.29, 1.82) is 0 Å². The number of likely N-dealkylation sites (N-methyl/N-ethyl adjacent to an activating group) is 1. The van der Waals surface area contributed by atoms with E-state index in [0.29, 0.717) is 42.4 Å². The Kier molecular flexibility index (Phi) is 13.1. The molecule has 10 nitrogen and oxygen atoms in total. The van der Waals surface area contributed by atoms with Crippen molar-refractivity contribution < 1.29 is 14.4 Å². The summed E-state index contributed by atoms with van der Waals surface area (Å²) in [5.41, 5.74) is 15.1. The van der Waals surface area contributed by atoms with Crippen LogP contribution in [0.4, 0.5) is 0 Å². The molecule has 0 bridgehead atoms. The van der Waals surface area contributed by atoms with E-state index in [1.165, 1.54) is 16.7 Å². The molecule has 13 heteroatoms. The number of carbonyl (C=O) groups excluding carboxylic acids is 3. The second-order valence-corrected chi connectivity index (χ2v) is 13.3. The fourth-order valence-electron chi connectivity index (χ4n) is 5.30. The molecule has 2 aromatic carbocycles. The van der Waals surface area contributed by atoms with E-state index < -0.39 is 29.9 Å². The summed E-state index contributed by atoms with van der Waals surface area (Å²) in [5, 5.41) is 8.94. The van der Waals surface area contributed by atoms with Crippen LogP contribution in [0.5, 0.6) is 0 Å². The first kappa shape index (κ1) is 36.2. The maximum atomic E-state index is 13.8. The van der Waals surface area contributed by atoms with Gasteiger partial charge in [-0.15, -0.1) is 0 Å². The van der Waals surface area contributed by atoms with Gasteiger partial charge in [0, 0.05) is 53.2 Å². The largest absolute Gasteiger partial charge is 0.368 e. The lowest BCUT2D eigenvalue weighted by Crippen LogP contribution is -2.56. The number of aromatic amines is 1. The zero-order chi connectivity index (χ0) is 34.1. The maximum absolute atomic E-state index is 13.8. The molecule has 0 fully saturated rings. The van der Waals surface area contributed by atoms with Gasteiger partial charge in [-0.05, 0) is 80.6 Å². The van der Waals surface area contributed by atoms with Gasteiger partial charge in [0.25, 0.3) is 0 Å². The van der Waals surface area contributed by atoms with Gasteiger partial charge in [0.2, 0.25) is 17.7 Å². The number of nitrogens with zero attached hydrogens (tertiary/aromatic N) is 2. The number of halogens is 2. The van der Waals surface area contributed by atoms with Gasteiger partial charge in [-0.2, -0.15) is 0 Å². The van der Waals surface area contributed by atoms with Gasteiger partial charge in [0.1, 0.15) is 17.1 Å². The Morgan fingerprint density at radius 1 is 1.09 bits per heavy atom. The van der Waals surface area contributed by atoms with Crippen molar-refractivity contribution in [1.82, 2.24) is 25.5 Å². The van der Waals surface area contributed by atoms with Crippen molar-refractivity contribution in [2.75, 3.05) is 13.6 Å². The highest BCUT2D eigenvalue weighted by molar-refractivity contribution is 7.99. The fraction of sp³-hybridized carbons (Fsp3) is 0.353. The second-order valence-electron chi connectivity index (χ2n) is 11.5. The highest BCUT2D eigenvalue weighted by Gasteiger charge is 2.32. The summed E-state index contributed by atoms with van der Waals surface area (Å²) < 4.78 is 0. The summed E-state index contributed by atoms with van der Waals surface area (Å²) in [6, 6.07) is 12.6. The Hall–Kier alpha value is -3.61. The summed E-state index contributed by atoms with van der Waals surface area (Å²) in [5.74, 6) is -1.38. The molecule has 0 unspecified atom stereocenters. The van der Waals surface area contributed by atoms with Crippen LogP contribution in [0.25, 0.3) is 10.9 Å². The fourth-order valence-corrected chi connectivity index (χ4v) is 6.97. The number of hydrogen-bond acceptors (Lipinski definition) is 7. The topological polar surface area (TPSA) is 159 Å². The highest BCUT2D eigenvalue weighted by atomic mass is 35.5. The van der Waals surface area contributed by atoms with Gasteiger partial charge in [0.05, 0.1) is 11.1 Å². The van der Waals surface area contributed by atoms with E-state index in [4.69, 9.17) is 34.7 Å². The van der Waals surface area contributed by atoms with Gasteiger partial charge < -0.3 is 32.0 Å². The molecule has 2 heterocycles. The normalized spacial score (nSPS) is 13.2. The summed E-state index contributed by atoms with van der Waals surface area (Å²) in [4.78, 5) is 49.8. The first-order valence-electron chi connectivity index (χ1n) is 15.4. The average Bonchev–Trinajstić information content (AvgIpc) is 3.46.